The molecular weight excluding hydrogens is 140 g/mol. The molecule has 1 aromatic heterocycles. The van der Waals surface area contributed by atoms with Crippen LogP contribution in [-0.4, -0.2) is 10.4 Å². The molecule has 2 aromatic rings. The van der Waals surface area contributed by atoms with Gasteiger partial charge in [-0.1, -0.05) is 18.2 Å². The molecule has 0 N–H and O–H groups in total. The summed E-state index contributed by atoms with van der Waals surface area (Å²) in [5, 5.41) is 7.11. The maximum Gasteiger partial charge on any atom is 0.152 e. The second-order valence-corrected chi connectivity index (χ2v) is 2.08. The van der Waals surface area contributed by atoms with E-state index in [0.717, 1.165) is 11.3 Å². The van der Waals surface area contributed by atoms with Gasteiger partial charge in [0.1, 0.15) is 5.69 Å². The van der Waals surface area contributed by atoms with Crippen LogP contribution < -0.4 is 0 Å². The molecule has 0 atom stereocenters. The van der Waals surface area contributed by atoms with Crippen LogP contribution in [-0.2, 0) is 0 Å². The highest BCUT2D eigenvalue weighted by Gasteiger charge is 1.98. The summed E-state index contributed by atoms with van der Waals surface area (Å²) < 4.78 is 4.59. The van der Waals surface area contributed by atoms with Crippen LogP contribution in [0, 0.1) is 6.07 Å². The summed E-state index contributed by atoms with van der Waals surface area (Å²) in [6.07, 6.45) is 1.50. The summed E-state index contributed by atoms with van der Waals surface area (Å²) in [6.45, 7) is 0. The summed E-state index contributed by atoms with van der Waals surface area (Å²) in [7, 11) is 0. The Morgan fingerprint density at radius 2 is 2.45 bits per heavy atom. The maximum absolute atomic E-state index is 4.59. The van der Waals surface area contributed by atoms with Crippen LogP contribution in [0.4, 0.5) is 0 Å². The van der Waals surface area contributed by atoms with Crippen LogP contribution in [0.2, 0.25) is 0 Å². The van der Waals surface area contributed by atoms with Gasteiger partial charge in [0.15, 0.2) is 6.26 Å². The standard InChI is InChI=1S/C8H5N2O/c1-2-4-7(5-3-1)8-6-11-10-9-8/h1-2,4-6H. The van der Waals surface area contributed by atoms with Gasteiger partial charge in [0, 0.05) is 10.8 Å². The monoisotopic (exact) mass is 145 g/mol. The van der Waals surface area contributed by atoms with Crippen LogP contribution in [0.15, 0.2) is 35.1 Å². The first kappa shape index (κ1) is 6.09. The molecule has 0 aliphatic heterocycles. The Kier molecular flexibility index (Phi) is 1.41. The van der Waals surface area contributed by atoms with Crippen molar-refractivity contribution >= 4 is 0 Å². The van der Waals surface area contributed by atoms with Gasteiger partial charge in [-0.3, -0.25) is 0 Å². The molecule has 53 valence electrons. The smallest absolute Gasteiger partial charge is 0.152 e. The lowest BCUT2D eigenvalue weighted by molar-refractivity contribution is 0.393. The number of aromatic nitrogens is 2. The van der Waals surface area contributed by atoms with Crippen LogP contribution >= 0.6 is 0 Å². The lowest BCUT2D eigenvalue weighted by Crippen LogP contribution is -1.75. The third kappa shape index (κ3) is 1.12. The molecule has 0 aliphatic rings. The summed E-state index contributed by atoms with van der Waals surface area (Å²) >= 11 is 0. The summed E-state index contributed by atoms with van der Waals surface area (Å²) in [4.78, 5) is 0. The van der Waals surface area contributed by atoms with E-state index in [2.05, 4.69) is 21.0 Å². The van der Waals surface area contributed by atoms with E-state index in [-0.39, 0.29) is 0 Å². The molecule has 0 saturated heterocycles. The molecule has 0 aliphatic carbocycles. The normalized spacial score (nSPS) is 9.82. The number of rotatable bonds is 1. The Hall–Kier alpha value is -1.64. The van der Waals surface area contributed by atoms with Gasteiger partial charge in [0.2, 0.25) is 0 Å². The predicted molar refractivity (Wildman–Crippen MR) is 38.6 cm³/mol. The molecule has 11 heavy (non-hydrogen) atoms. The highest BCUT2D eigenvalue weighted by atomic mass is 16.5. The van der Waals surface area contributed by atoms with E-state index in [1.54, 1.807) is 0 Å². The van der Waals surface area contributed by atoms with Crippen molar-refractivity contribution in [3.05, 3.63) is 36.6 Å². The van der Waals surface area contributed by atoms with Crippen molar-refractivity contribution in [1.82, 2.24) is 10.4 Å². The zero-order chi connectivity index (χ0) is 7.52. The van der Waals surface area contributed by atoms with E-state index < -0.39 is 0 Å². The lowest BCUT2D eigenvalue weighted by atomic mass is 10.2. The van der Waals surface area contributed by atoms with E-state index in [1.807, 2.05) is 24.3 Å². The Morgan fingerprint density at radius 3 is 3.09 bits per heavy atom. The molecule has 3 heteroatoms. The zero-order valence-electron chi connectivity index (χ0n) is 5.69. The summed E-state index contributed by atoms with van der Waals surface area (Å²) in [5.74, 6) is 0. The van der Waals surface area contributed by atoms with Gasteiger partial charge in [-0.25, -0.2) is 0 Å². The number of benzene rings is 1. The molecule has 1 aromatic carbocycles. The lowest BCUT2D eigenvalue weighted by Gasteiger charge is -1.89. The van der Waals surface area contributed by atoms with E-state index in [0.29, 0.717) is 0 Å². The van der Waals surface area contributed by atoms with Crippen LogP contribution in [0.3, 0.4) is 0 Å². The van der Waals surface area contributed by atoms with Crippen LogP contribution in [0.25, 0.3) is 11.3 Å². The maximum atomic E-state index is 4.59. The Labute approximate surface area is 63.6 Å². The van der Waals surface area contributed by atoms with E-state index in [9.17, 15) is 0 Å². The third-order valence-corrected chi connectivity index (χ3v) is 1.36. The minimum atomic E-state index is 0.738. The molecule has 0 unspecified atom stereocenters. The topological polar surface area (TPSA) is 38.9 Å². The van der Waals surface area contributed by atoms with Crippen LogP contribution in [0.5, 0.6) is 0 Å². The second kappa shape index (κ2) is 2.54. The average molecular weight is 145 g/mol. The fourth-order valence-electron chi connectivity index (χ4n) is 0.843. The van der Waals surface area contributed by atoms with Crippen molar-refractivity contribution in [2.24, 2.45) is 0 Å². The SMILES string of the molecule is [c]1cccc(-c2conn2)c1. The molecular formula is C8H5N2O. The molecule has 1 heterocycles. The van der Waals surface area contributed by atoms with E-state index in [1.165, 1.54) is 6.26 Å². The molecule has 0 saturated carbocycles. The highest BCUT2D eigenvalue weighted by molar-refractivity contribution is 5.56. The fraction of sp³-hybridized carbons (Fsp3) is 0. The van der Waals surface area contributed by atoms with Gasteiger partial charge in [-0.15, -0.1) is 5.10 Å². The van der Waals surface area contributed by atoms with Gasteiger partial charge in [0.05, 0.1) is 0 Å². The Morgan fingerprint density at radius 1 is 1.45 bits per heavy atom. The quantitative estimate of drug-likeness (QED) is 0.610. The van der Waals surface area contributed by atoms with Gasteiger partial charge in [-0.2, -0.15) is 0 Å². The van der Waals surface area contributed by atoms with Gasteiger partial charge in [-0.05, 0) is 12.1 Å². The predicted octanol–water partition coefficient (Wildman–Crippen LogP) is 1.54. The van der Waals surface area contributed by atoms with Gasteiger partial charge >= 0.3 is 0 Å². The third-order valence-electron chi connectivity index (χ3n) is 1.36. The van der Waals surface area contributed by atoms with Crippen molar-refractivity contribution in [3.8, 4) is 11.3 Å². The molecule has 0 spiro atoms. The zero-order valence-corrected chi connectivity index (χ0v) is 5.69. The minimum absolute atomic E-state index is 0.738. The molecule has 1 radical (unpaired) electrons. The van der Waals surface area contributed by atoms with E-state index in [4.69, 9.17) is 0 Å². The number of hydrogen-bond donors (Lipinski definition) is 0. The molecule has 0 amide bonds. The van der Waals surface area contributed by atoms with E-state index >= 15 is 0 Å². The average Bonchev–Trinajstić information content (AvgIpc) is 2.58. The molecule has 3 nitrogen and oxygen atoms in total. The van der Waals surface area contributed by atoms with Crippen molar-refractivity contribution in [2.75, 3.05) is 0 Å². The van der Waals surface area contributed by atoms with Crippen molar-refractivity contribution < 1.29 is 4.52 Å². The number of hydrogen-bond acceptors (Lipinski definition) is 3. The van der Waals surface area contributed by atoms with Gasteiger partial charge in [0.25, 0.3) is 0 Å². The highest BCUT2D eigenvalue weighted by Crippen LogP contribution is 2.13. The Bertz CT molecular complexity index is 315. The van der Waals surface area contributed by atoms with Gasteiger partial charge < -0.3 is 4.52 Å². The fourth-order valence-corrected chi connectivity index (χ4v) is 0.843. The van der Waals surface area contributed by atoms with Crippen molar-refractivity contribution in [1.29, 1.82) is 0 Å². The first-order chi connectivity index (χ1) is 5.47. The first-order valence-corrected chi connectivity index (χ1v) is 3.20. The van der Waals surface area contributed by atoms with Crippen molar-refractivity contribution in [2.45, 2.75) is 0 Å². The summed E-state index contributed by atoms with van der Waals surface area (Å²) in [6, 6.07) is 10.4. The molecule has 0 fully saturated rings. The summed E-state index contributed by atoms with van der Waals surface area (Å²) in [5.41, 5.74) is 1.70. The second-order valence-electron chi connectivity index (χ2n) is 2.08. The minimum Gasteiger partial charge on any atom is -0.345 e. The number of nitrogens with zero attached hydrogens (tertiary/aromatic N) is 2. The molecule has 2 rings (SSSR count). The molecule has 0 bridgehead atoms. The first-order valence-electron chi connectivity index (χ1n) is 3.20. The van der Waals surface area contributed by atoms with Crippen LogP contribution in [0.1, 0.15) is 0 Å². The largest absolute Gasteiger partial charge is 0.345 e. The van der Waals surface area contributed by atoms with Crippen molar-refractivity contribution in [3.63, 3.8) is 0 Å². The Balaban J connectivity index is 2.46.